The van der Waals surface area contributed by atoms with Gasteiger partial charge >= 0.3 is 0 Å². The number of aliphatic hydroxyl groups excluding tert-OH is 1. The molecule has 0 aromatic heterocycles. The molecule has 1 N–H and O–H groups in total. The average molecular weight is 233 g/mol. The summed E-state index contributed by atoms with van der Waals surface area (Å²) < 4.78 is 0. The van der Waals surface area contributed by atoms with E-state index in [-0.39, 0.29) is 0 Å². The lowest BCUT2D eigenvalue weighted by Crippen LogP contribution is -2.35. The molecule has 17 heavy (non-hydrogen) atoms. The van der Waals surface area contributed by atoms with Crippen LogP contribution in [-0.4, -0.2) is 29.7 Å². The zero-order valence-corrected chi connectivity index (χ0v) is 10.7. The van der Waals surface area contributed by atoms with Crippen LogP contribution in [0.25, 0.3) is 0 Å². The number of nitrogens with zero attached hydrogens (tertiary/aromatic N) is 1. The molecule has 1 heterocycles. The van der Waals surface area contributed by atoms with Gasteiger partial charge in [-0.1, -0.05) is 30.3 Å². The molecule has 1 saturated heterocycles. The molecule has 1 atom stereocenters. The second-order valence-electron chi connectivity index (χ2n) is 5.08. The molecule has 0 bridgehead atoms. The highest BCUT2D eigenvalue weighted by Gasteiger charge is 2.22. The first-order valence-electron chi connectivity index (χ1n) is 6.71. The van der Waals surface area contributed by atoms with Gasteiger partial charge in [0.25, 0.3) is 0 Å². The smallest absolute Gasteiger partial charge is 0.0433 e. The summed E-state index contributed by atoms with van der Waals surface area (Å²) in [6.45, 7) is 4.97. The van der Waals surface area contributed by atoms with Gasteiger partial charge in [0.1, 0.15) is 0 Å². The van der Waals surface area contributed by atoms with E-state index in [1.165, 1.54) is 31.5 Å². The Labute approximate surface area is 104 Å². The average Bonchev–Trinajstić information content (AvgIpc) is 2.40. The van der Waals surface area contributed by atoms with Crippen molar-refractivity contribution in [2.45, 2.75) is 32.2 Å². The second kappa shape index (κ2) is 6.18. The molecule has 2 heteroatoms. The van der Waals surface area contributed by atoms with Crippen molar-refractivity contribution in [2.75, 3.05) is 19.7 Å². The van der Waals surface area contributed by atoms with Gasteiger partial charge in [-0.05, 0) is 50.8 Å². The monoisotopic (exact) mass is 233 g/mol. The molecule has 1 unspecified atom stereocenters. The van der Waals surface area contributed by atoms with Gasteiger partial charge in [-0.15, -0.1) is 0 Å². The molecule has 0 radical (unpaired) electrons. The quantitative estimate of drug-likeness (QED) is 0.864. The van der Waals surface area contributed by atoms with Crippen molar-refractivity contribution in [3.63, 3.8) is 0 Å². The van der Waals surface area contributed by atoms with Gasteiger partial charge in [-0.2, -0.15) is 0 Å². The van der Waals surface area contributed by atoms with Crippen LogP contribution in [0, 0.1) is 5.92 Å². The van der Waals surface area contributed by atoms with Crippen molar-refractivity contribution in [3.8, 4) is 0 Å². The van der Waals surface area contributed by atoms with E-state index in [0.717, 1.165) is 12.3 Å². The SMILES string of the molecule is CC(c1ccccc1)N1CCC(CCO)CC1. The van der Waals surface area contributed by atoms with Crippen LogP contribution in [0.3, 0.4) is 0 Å². The molecule has 1 aromatic rings. The third-order valence-corrected chi connectivity index (χ3v) is 4.02. The van der Waals surface area contributed by atoms with E-state index in [0.29, 0.717) is 12.6 Å². The van der Waals surface area contributed by atoms with E-state index in [1.807, 2.05) is 0 Å². The Hall–Kier alpha value is -0.860. The topological polar surface area (TPSA) is 23.5 Å². The summed E-state index contributed by atoms with van der Waals surface area (Å²) in [5, 5.41) is 8.96. The Balaban J connectivity index is 1.88. The van der Waals surface area contributed by atoms with Gasteiger partial charge in [0.05, 0.1) is 0 Å². The molecule has 0 amide bonds. The highest BCUT2D eigenvalue weighted by Crippen LogP contribution is 2.27. The fourth-order valence-corrected chi connectivity index (χ4v) is 2.75. The van der Waals surface area contributed by atoms with Crippen LogP contribution in [0.1, 0.15) is 37.8 Å². The minimum Gasteiger partial charge on any atom is -0.396 e. The van der Waals surface area contributed by atoms with Gasteiger partial charge in [0.2, 0.25) is 0 Å². The predicted octanol–water partition coefficient (Wildman–Crippen LogP) is 2.84. The first-order valence-corrected chi connectivity index (χ1v) is 6.71. The Morgan fingerprint density at radius 2 is 1.88 bits per heavy atom. The third-order valence-electron chi connectivity index (χ3n) is 4.02. The highest BCUT2D eigenvalue weighted by atomic mass is 16.3. The first kappa shape index (κ1) is 12.6. The van der Waals surface area contributed by atoms with E-state index >= 15 is 0 Å². The number of rotatable bonds is 4. The Morgan fingerprint density at radius 1 is 1.24 bits per heavy atom. The lowest BCUT2D eigenvalue weighted by Gasteiger charge is -2.36. The van der Waals surface area contributed by atoms with Crippen molar-refractivity contribution >= 4 is 0 Å². The van der Waals surface area contributed by atoms with Crippen molar-refractivity contribution in [2.24, 2.45) is 5.92 Å². The van der Waals surface area contributed by atoms with E-state index < -0.39 is 0 Å². The van der Waals surface area contributed by atoms with Crippen molar-refractivity contribution in [3.05, 3.63) is 35.9 Å². The molecule has 0 aliphatic carbocycles. The fraction of sp³-hybridized carbons (Fsp3) is 0.600. The van der Waals surface area contributed by atoms with Crippen molar-refractivity contribution in [1.29, 1.82) is 0 Å². The molecular weight excluding hydrogens is 210 g/mol. The van der Waals surface area contributed by atoms with Crippen LogP contribution in [0.4, 0.5) is 0 Å². The van der Waals surface area contributed by atoms with Crippen LogP contribution < -0.4 is 0 Å². The van der Waals surface area contributed by atoms with Gasteiger partial charge in [-0.25, -0.2) is 0 Å². The van der Waals surface area contributed by atoms with E-state index in [2.05, 4.69) is 42.2 Å². The fourth-order valence-electron chi connectivity index (χ4n) is 2.75. The molecule has 1 fully saturated rings. The number of piperidine rings is 1. The third kappa shape index (κ3) is 3.30. The number of benzene rings is 1. The Kier molecular flexibility index (Phi) is 4.57. The van der Waals surface area contributed by atoms with Gasteiger partial charge < -0.3 is 5.11 Å². The molecule has 1 aliphatic heterocycles. The predicted molar refractivity (Wildman–Crippen MR) is 70.9 cm³/mol. The summed E-state index contributed by atoms with van der Waals surface area (Å²) >= 11 is 0. The molecule has 0 spiro atoms. The first-order chi connectivity index (χ1) is 8.31. The highest BCUT2D eigenvalue weighted by molar-refractivity contribution is 5.18. The Morgan fingerprint density at radius 3 is 2.47 bits per heavy atom. The van der Waals surface area contributed by atoms with E-state index in [1.54, 1.807) is 0 Å². The zero-order chi connectivity index (χ0) is 12.1. The van der Waals surface area contributed by atoms with Gasteiger partial charge in [0.15, 0.2) is 0 Å². The molecule has 2 rings (SSSR count). The maximum Gasteiger partial charge on any atom is 0.0433 e. The van der Waals surface area contributed by atoms with Crippen molar-refractivity contribution < 1.29 is 5.11 Å². The normalized spacial score (nSPS) is 20.4. The molecule has 0 saturated carbocycles. The van der Waals surface area contributed by atoms with Crippen molar-refractivity contribution in [1.82, 2.24) is 4.90 Å². The lowest BCUT2D eigenvalue weighted by molar-refractivity contribution is 0.126. The number of likely N-dealkylation sites (tertiary alicyclic amines) is 1. The standard InChI is InChI=1S/C15H23NO/c1-13(15-5-3-2-4-6-15)16-10-7-14(8-11-16)9-12-17/h2-6,13-14,17H,7-12H2,1H3. The molecule has 94 valence electrons. The zero-order valence-electron chi connectivity index (χ0n) is 10.7. The van der Waals surface area contributed by atoms with Crippen LogP contribution in [0.15, 0.2) is 30.3 Å². The van der Waals surface area contributed by atoms with Gasteiger partial charge in [0, 0.05) is 12.6 Å². The number of aliphatic hydroxyl groups is 1. The molecule has 2 nitrogen and oxygen atoms in total. The second-order valence-corrected chi connectivity index (χ2v) is 5.08. The number of hydrogen-bond donors (Lipinski definition) is 1. The summed E-state index contributed by atoms with van der Waals surface area (Å²) in [5.74, 6) is 0.735. The lowest BCUT2D eigenvalue weighted by atomic mass is 9.92. The van der Waals surface area contributed by atoms with Crippen LogP contribution in [0.2, 0.25) is 0 Å². The molecule has 1 aromatic carbocycles. The summed E-state index contributed by atoms with van der Waals surface area (Å²) in [6, 6.07) is 11.2. The van der Waals surface area contributed by atoms with E-state index in [9.17, 15) is 0 Å². The summed E-state index contributed by atoms with van der Waals surface area (Å²) in [4.78, 5) is 2.56. The minimum atomic E-state index is 0.346. The summed E-state index contributed by atoms with van der Waals surface area (Å²) in [7, 11) is 0. The van der Waals surface area contributed by atoms with Crippen LogP contribution in [-0.2, 0) is 0 Å². The van der Waals surface area contributed by atoms with E-state index in [4.69, 9.17) is 5.11 Å². The Bertz CT molecular complexity index is 317. The maximum atomic E-state index is 8.96. The summed E-state index contributed by atoms with van der Waals surface area (Å²) in [5.41, 5.74) is 1.41. The largest absolute Gasteiger partial charge is 0.396 e. The minimum absolute atomic E-state index is 0.346. The maximum absolute atomic E-state index is 8.96. The molecule has 1 aliphatic rings. The van der Waals surface area contributed by atoms with Gasteiger partial charge in [-0.3, -0.25) is 4.90 Å². The van der Waals surface area contributed by atoms with Crippen LogP contribution in [0.5, 0.6) is 0 Å². The molecular formula is C15H23NO. The van der Waals surface area contributed by atoms with Crippen LogP contribution >= 0.6 is 0 Å². The number of hydrogen-bond acceptors (Lipinski definition) is 2. The summed E-state index contributed by atoms with van der Waals surface area (Å²) in [6.07, 6.45) is 3.45.